The topological polar surface area (TPSA) is 46.1 Å². The van der Waals surface area contributed by atoms with Crippen LogP contribution in [0.2, 0.25) is 0 Å². The molecule has 72 valence electrons. The fourth-order valence-corrected chi connectivity index (χ4v) is 1.22. The summed E-state index contributed by atoms with van der Waals surface area (Å²) in [5.41, 5.74) is 5.03. The first-order valence-electron chi connectivity index (χ1n) is 4.24. The second-order valence-electron chi connectivity index (χ2n) is 3.01. The first-order chi connectivity index (χ1) is 6.19. The van der Waals surface area contributed by atoms with Gasteiger partial charge < -0.3 is 15.2 Å². The number of hydrogen-bond donors (Lipinski definition) is 1. The lowest BCUT2D eigenvalue weighted by atomic mass is 10.1. The average Bonchev–Trinajstić information content (AvgIpc) is 2.16. The maximum Gasteiger partial charge on any atom is 0.128 e. The van der Waals surface area contributed by atoms with Crippen molar-refractivity contribution in [2.24, 2.45) is 0 Å². The molecular formula is C10H16NO2+. The molecule has 3 N–H and O–H groups in total. The van der Waals surface area contributed by atoms with Crippen molar-refractivity contribution in [2.75, 3.05) is 14.2 Å². The summed E-state index contributed by atoms with van der Waals surface area (Å²) in [5, 5.41) is 0. The van der Waals surface area contributed by atoms with Crippen molar-refractivity contribution >= 4 is 0 Å². The van der Waals surface area contributed by atoms with Gasteiger partial charge in [0.2, 0.25) is 0 Å². The SMILES string of the molecule is COc1ccc(OC)c([C@H](C)[NH3+])c1. The maximum absolute atomic E-state index is 5.21. The molecule has 1 rings (SSSR count). The molecule has 0 fully saturated rings. The van der Waals surface area contributed by atoms with Crippen LogP contribution >= 0.6 is 0 Å². The van der Waals surface area contributed by atoms with E-state index in [1.807, 2.05) is 25.1 Å². The van der Waals surface area contributed by atoms with Gasteiger partial charge in [-0.3, -0.25) is 0 Å². The van der Waals surface area contributed by atoms with Crippen LogP contribution in [0.3, 0.4) is 0 Å². The van der Waals surface area contributed by atoms with Crippen LogP contribution in [0.4, 0.5) is 0 Å². The van der Waals surface area contributed by atoms with E-state index in [0.29, 0.717) is 0 Å². The average molecular weight is 182 g/mol. The standard InChI is InChI=1S/C10H15NO2/c1-7(11)9-6-8(12-2)4-5-10(9)13-3/h4-7H,11H2,1-3H3/p+1/t7-/m0/s1. The summed E-state index contributed by atoms with van der Waals surface area (Å²) in [6, 6.07) is 5.93. The largest absolute Gasteiger partial charge is 0.497 e. The molecule has 0 heterocycles. The van der Waals surface area contributed by atoms with Crippen molar-refractivity contribution in [3.8, 4) is 11.5 Å². The monoisotopic (exact) mass is 182 g/mol. The summed E-state index contributed by atoms with van der Waals surface area (Å²) in [5.74, 6) is 1.70. The van der Waals surface area contributed by atoms with E-state index in [1.165, 1.54) is 0 Å². The lowest BCUT2D eigenvalue weighted by Crippen LogP contribution is -2.51. The van der Waals surface area contributed by atoms with Crippen LogP contribution in [0.5, 0.6) is 11.5 Å². The van der Waals surface area contributed by atoms with E-state index in [2.05, 4.69) is 5.73 Å². The Bertz CT molecular complexity index is 284. The molecule has 1 aromatic carbocycles. The van der Waals surface area contributed by atoms with Gasteiger partial charge in [-0.1, -0.05) is 0 Å². The third-order valence-electron chi connectivity index (χ3n) is 1.97. The molecule has 3 nitrogen and oxygen atoms in total. The summed E-state index contributed by atoms with van der Waals surface area (Å²) < 4.78 is 10.3. The van der Waals surface area contributed by atoms with Crippen molar-refractivity contribution in [3.63, 3.8) is 0 Å². The Morgan fingerprint density at radius 2 is 1.92 bits per heavy atom. The van der Waals surface area contributed by atoms with Gasteiger partial charge in [-0.15, -0.1) is 0 Å². The number of quaternary nitrogens is 1. The highest BCUT2D eigenvalue weighted by molar-refractivity contribution is 5.41. The minimum atomic E-state index is 0.199. The lowest BCUT2D eigenvalue weighted by Gasteiger charge is -2.10. The highest BCUT2D eigenvalue weighted by Gasteiger charge is 2.10. The molecule has 0 aliphatic carbocycles. The molecule has 0 unspecified atom stereocenters. The van der Waals surface area contributed by atoms with E-state index < -0.39 is 0 Å². The molecule has 0 saturated carbocycles. The van der Waals surface area contributed by atoms with Gasteiger partial charge in [0.25, 0.3) is 0 Å². The quantitative estimate of drug-likeness (QED) is 0.758. The fraction of sp³-hybridized carbons (Fsp3) is 0.400. The molecule has 0 aromatic heterocycles. The minimum absolute atomic E-state index is 0.199. The summed E-state index contributed by atoms with van der Waals surface area (Å²) in [7, 11) is 3.31. The summed E-state index contributed by atoms with van der Waals surface area (Å²) >= 11 is 0. The number of hydrogen-bond acceptors (Lipinski definition) is 2. The van der Waals surface area contributed by atoms with E-state index in [-0.39, 0.29) is 6.04 Å². The van der Waals surface area contributed by atoms with Crippen LogP contribution in [0.1, 0.15) is 18.5 Å². The number of rotatable bonds is 3. The highest BCUT2D eigenvalue weighted by Crippen LogP contribution is 2.26. The van der Waals surface area contributed by atoms with E-state index in [4.69, 9.17) is 9.47 Å². The van der Waals surface area contributed by atoms with Crippen molar-refractivity contribution in [1.29, 1.82) is 0 Å². The van der Waals surface area contributed by atoms with Crippen LogP contribution in [0.15, 0.2) is 18.2 Å². The van der Waals surface area contributed by atoms with Crippen molar-refractivity contribution in [2.45, 2.75) is 13.0 Å². The molecule has 0 radical (unpaired) electrons. The van der Waals surface area contributed by atoms with Crippen LogP contribution in [0.25, 0.3) is 0 Å². The van der Waals surface area contributed by atoms with E-state index in [9.17, 15) is 0 Å². The Morgan fingerprint density at radius 1 is 1.23 bits per heavy atom. The Morgan fingerprint density at radius 3 is 2.38 bits per heavy atom. The number of benzene rings is 1. The molecule has 1 atom stereocenters. The highest BCUT2D eigenvalue weighted by atomic mass is 16.5. The lowest BCUT2D eigenvalue weighted by molar-refractivity contribution is -0.420. The Kier molecular flexibility index (Phi) is 3.14. The van der Waals surface area contributed by atoms with E-state index in [0.717, 1.165) is 17.1 Å². The van der Waals surface area contributed by atoms with Crippen molar-refractivity contribution < 1.29 is 15.2 Å². The second-order valence-corrected chi connectivity index (χ2v) is 3.01. The first kappa shape index (κ1) is 9.86. The molecule has 0 amide bonds. The molecule has 3 heteroatoms. The van der Waals surface area contributed by atoms with Gasteiger partial charge in [-0.2, -0.15) is 0 Å². The predicted molar refractivity (Wildman–Crippen MR) is 50.8 cm³/mol. The summed E-state index contributed by atoms with van der Waals surface area (Å²) in [6.45, 7) is 2.03. The zero-order valence-electron chi connectivity index (χ0n) is 8.33. The van der Waals surface area contributed by atoms with Gasteiger partial charge in [-0.25, -0.2) is 0 Å². The van der Waals surface area contributed by atoms with Crippen molar-refractivity contribution in [3.05, 3.63) is 23.8 Å². The van der Waals surface area contributed by atoms with Gasteiger partial charge >= 0.3 is 0 Å². The van der Waals surface area contributed by atoms with Crippen molar-refractivity contribution in [1.82, 2.24) is 0 Å². The molecule has 0 aliphatic rings. The van der Waals surface area contributed by atoms with Gasteiger partial charge in [0, 0.05) is 0 Å². The predicted octanol–water partition coefficient (Wildman–Crippen LogP) is 1.01. The Hall–Kier alpha value is -1.22. The third-order valence-corrected chi connectivity index (χ3v) is 1.97. The van der Waals surface area contributed by atoms with Crippen LogP contribution in [0, 0.1) is 0 Å². The zero-order valence-corrected chi connectivity index (χ0v) is 8.33. The first-order valence-corrected chi connectivity index (χ1v) is 4.24. The molecule has 0 saturated heterocycles. The number of ether oxygens (including phenoxy) is 2. The Balaban J connectivity index is 3.10. The molecule has 0 aliphatic heterocycles. The fourth-order valence-electron chi connectivity index (χ4n) is 1.22. The maximum atomic E-state index is 5.21. The van der Waals surface area contributed by atoms with E-state index in [1.54, 1.807) is 14.2 Å². The second kappa shape index (κ2) is 4.14. The summed E-state index contributed by atoms with van der Waals surface area (Å²) in [4.78, 5) is 0. The molecule has 1 aromatic rings. The zero-order chi connectivity index (χ0) is 9.84. The molecular weight excluding hydrogens is 166 g/mol. The van der Waals surface area contributed by atoms with Crippen LogP contribution in [-0.2, 0) is 0 Å². The number of methoxy groups -OCH3 is 2. The summed E-state index contributed by atoms with van der Waals surface area (Å²) in [6.07, 6.45) is 0. The van der Waals surface area contributed by atoms with E-state index >= 15 is 0 Å². The van der Waals surface area contributed by atoms with Gasteiger partial charge in [0.1, 0.15) is 17.5 Å². The molecule has 0 bridgehead atoms. The Labute approximate surface area is 78.5 Å². The smallest absolute Gasteiger partial charge is 0.128 e. The van der Waals surface area contributed by atoms with Gasteiger partial charge in [0.05, 0.1) is 19.8 Å². The molecule has 0 spiro atoms. The van der Waals surface area contributed by atoms with Crippen LogP contribution in [-0.4, -0.2) is 14.2 Å². The van der Waals surface area contributed by atoms with Gasteiger partial charge in [-0.05, 0) is 25.1 Å². The molecule has 13 heavy (non-hydrogen) atoms. The third kappa shape index (κ3) is 2.12. The van der Waals surface area contributed by atoms with Crippen LogP contribution < -0.4 is 15.2 Å². The normalized spacial score (nSPS) is 12.3. The van der Waals surface area contributed by atoms with Gasteiger partial charge in [0.15, 0.2) is 0 Å². The minimum Gasteiger partial charge on any atom is -0.497 e.